The summed E-state index contributed by atoms with van der Waals surface area (Å²) in [5.74, 6) is -0.471. The first-order chi connectivity index (χ1) is 17.3. The summed E-state index contributed by atoms with van der Waals surface area (Å²) in [6.45, 7) is 13.9. The molecule has 1 aromatic carbocycles. The smallest absolute Gasteiger partial charge is 0.251 e. The molecule has 0 unspecified atom stereocenters. The van der Waals surface area contributed by atoms with E-state index in [0.29, 0.717) is 18.6 Å². The Balaban J connectivity index is 1.43. The Morgan fingerprint density at radius 2 is 1.81 bits per heavy atom. The van der Waals surface area contributed by atoms with Gasteiger partial charge >= 0.3 is 0 Å². The molecule has 1 N–H and O–H groups in total. The molecule has 9 nitrogen and oxygen atoms in total. The predicted octanol–water partition coefficient (Wildman–Crippen LogP) is 1.56. The Morgan fingerprint density at radius 1 is 1.11 bits per heavy atom. The SMILES string of the molecule is CCO[C@H]1CN(C(=O)[C@H](CC(C)C)NC(=O)c2ccc(N3CCN(CC)CC3)cc2)[C@@H]2C(=O)CO[C@H]12. The Hall–Kier alpha value is -2.49. The second-order valence-electron chi connectivity index (χ2n) is 10.3. The number of hydrogen-bond donors (Lipinski definition) is 1. The Morgan fingerprint density at radius 3 is 2.42 bits per heavy atom. The molecule has 3 aliphatic heterocycles. The third-order valence-electron chi connectivity index (χ3n) is 7.43. The van der Waals surface area contributed by atoms with Crippen molar-refractivity contribution >= 4 is 23.3 Å². The summed E-state index contributed by atoms with van der Waals surface area (Å²) in [4.78, 5) is 45.7. The Bertz CT molecular complexity index is 929. The normalized spacial score (nSPS) is 25.4. The van der Waals surface area contributed by atoms with Crippen molar-refractivity contribution in [2.24, 2.45) is 5.92 Å². The van der Waals surface area contributed by atoms with Crippen LogP contribution in [0.25, 0.3) is 0 Å². The lowest BCUT2D eigenvalue weighted by Crippen LogP contribution is -2.52. The van der Waals surface area contributed by atoms with E-state index >= 15 is 0 Å². The number of rotatable bonds is 9. The zero-order valence-electron chi connectivity index (χ0n) is 21.9. The Kier molecular flexibility index (Phi) is 8.64. The summed E-state index contributed by atoms with van der Waals surface area (Å²) in [5, 5.41) is 2.95. The maximum atomic E-state index is 13.6. The minimum absolute atomic E-state index is 0.0102. The highest BCUT2D eigenvalue weighted by Gasteiger charge is 2.53. The van der Waals surface area contributed by atoms with E-state index < -0.39 is 18.2 Å². The summed E-state index contributed by atoms with van der Waals surface area (Å²) in [6.07, 6.45) is -0.298. The standard InChI is InChI=1S/C27H40N4O5/c1-5-29-11-13-30(14-12-29)20-9-7-19(8-10-20)26(33)28-21(15-18(3)4)27(34)31-16-23(35-6-2)25-24(31)22(32)17-36-25/h7-10,18,21,23-25H,5-6,11-17H2,1-4H3,(H,28,33)/t21-,23-,24+,25+/m0/s1. The van der Waals surface area contributed by atoms with Crippen molar-refractivity contribution in [2.75, 3.05) is 57.4 Å². The molecule has 0 spiro atoms. The van der Waals surface area contributed by atoms with Gasteiger partial charge in [0.25, 0.3) is 5.91 Å². The second-order valence-corrected chi connectivity index (χ2v) is 10.3. The van der Waals surface area contributed by atoms with Gasteiger partial charge in [0, 0.05) is 44.0 Å². The number of piperazine rings is 1. The van der Waals surface area contributed by atoms with Crippen LogP contribution in [0.2, 0.25) is 0 Å². The van der Waals surface area contributed by atoms with Crippen LogP contribution in [0.5, 0.6) is 0 Å². The zero-order valence-corrected chi connectivity index (χ0v) is 21.9. The van der Waals surface area contributed by atoms with Crippen molar-refractivity contribution in [1.82, 2.24) is 15.1 Å². The average molecular weight is 501 g/mol. The highest BCUT2D eigenvalue weighted by Crippen LogP contribution is 2.30. The number of anilines is 1. The number of benzene rings is 1. The average Bonchev–Trinajstić information content (AvgIpc) is 3.44. The van der Waals surface area contributed by atoms with E-state index in [1.807, 2.05) is 45.0 Å². The van der Waals surface area contributed by atoms with Crippen LogP contribution in [0.4, 0.5) is 5.69 Å². The first-order valence-corrected chi connectivity index (χ1v) is 13.3. The molecule has 0 aliphatic carbocycles. The molecule has 0 radical (unpaired) electrons. The third-order valence-corrected chi connectivity index (χ3v) is 7.43. The fourth-order valence-electron chi connectivity index (χ4n) is 5.48. The molecule has 2 amide bonds. The van der Waals surface area contributed by atoms with Gasteiger partial charge in [-0.1, -0.05) is 20.8 Å². The lowest BCUT2D eigenvalue weighted by atomic mass is 10.0. The van der Waals surface area contributed by atoms with Crippen LogP contribution in [0.15, 0.2) is 24.3 Å². The maximum Gasteiger partial charge on any atom is 0.251 e. The van der Waals surface area contributed by atoms with Gasteiger partial charge in [-0.2, -0.15) is 0 Å². The van der Waals surface area contributed by atoms with Gasteiger partial charge in [0.1, 0.15) is 30.9 Å². The highest BCUT2D eigenvalue weighted by atomic mass is 16.6. The Labute approximate surface area is 214 Å². The fraction of sp³-hybridized carbons (Fsp3) is 0.667. The van der Waals surface area contributed by atoms with Crippen molar-refractivity contribution < 1.29 is 23.9 Å². The van der Waals surface area contributed by atoms with Gasteiger partial charge in [-0.3, -0.25) is 14.4 Å². The lowest BCUT2D eigenvalue weighted by molar-refractivity contribution is -0.138. The van der Waals surface area contributed by atoms with Gasteiger partial charge in [-0.25, -0.2) is 0 Å². The fourth-order valence-corrected chi connectivity index (χ4v) is 5.48. The molecule has 0 saturated carbocycles. The molecule has 0 bridgehead atoms. The number of ether oxygens (including phenoxy) is 2. The van der Waals surface area contributed by atoms with Gasteiger partial charge < -0.3 is 29.5 Å². The van der Waals surface area contributed by atoms with Crippen LogP contribution in [0, 0.1) is 5.92 Å². The monoisotopic (exact) mass is 500 g/mol. The summed E-state index contributed by atoms with van der Waals surface area (Å²) >= 11 is 0. The molecular weight excluding hydrogens is 460 g/mol. The van der Waals surface area contributed by atoms with E-state index in [0.717, 1.165) is 38.4 Å². The molecular formula is C27H40N4O5. The van der Waals surface area contributed by atoms with Crippen LogP contribution in [0.3, 0.4) is 0 Å². The molecule has 4 atom stereocenters. The van der Waals surface area contributed by atoms with Crippen molar-refractivity contribution in [2.45, 2.75) is 58.4 Å². The van der Waals surface area contributed by atoms with E-state index in [4.69, 9.17) is 9.47 Å². The number of fused-ring (bicyclic) bond motifs is 1. The van der Waals surface area contributed by atoms with Crippen LogP contribution in [-0.2, 0) is 19.1 Å². The summed E-state index contributed by atoms with van der Waals surface area (Å²) in [7, 11) is 0. The number of nitrogens with one attached hydrogen (secondary N) is 1. The largest absolute Gasteiger partial charge is 0.374 e. The molecule has 9 heteroatoms. The predicted molar refractivity (Wildman–Crippen MR) is 137 cm³/mol. The number of ketones is 1. The summed E-state index contributed by atoms with van der Waals surface area (Å²) in [5.41, 5.74) is 1.61. The van der Waals surface area contributed by atoms with Crippen molar-refractivity contribution in [3.05, 3.63) is 29.8 Å². The second kappa shape index (κ2) is 11.7. The van der Waals surface area contributed by atoms with Gasteiger partial charge in [-0.15, -0.1) is 0 Å². The molecule has 36 heavy (non-hydrogen) atoms. The number of carbonyl (C=O) groups is 3. The molecule has 198 valence electrons. The quantitative estimate of drug-likeness (QED) is 0.550. The molecule has 1 aromatic rings. The van der Waals surface area contributed by atoms with Crippen LogP contribution in [0.1, 0.15) is 44.5 Å². The minimum Gasteiger partial charge on any atom is -0.374 e. The van der Waals surface area contributed by atoms with Gasteiger partial charge in [-0.05, 0) is 50.1 Å². The number of likely N-dealkylation sites (tertiary alicyclic amines) is 1. The third kappa shape index (κ3) is 5.74. The number of hydrogen-bond acceptors (Lipinski definition) is 7. The number of amides is 2. The van der Waals surface area contributed by atoms with Gasteiger partial charge in [0.2, 0.25) is 5.91 Å². The molecule has 0 aromatic heterocycles. The van der Waals surface area contributed by atoms with Crippen LogP contribution >= 0.6 is 0 Å². The van der Waals surface area contributed by atoms with E-state index in [1.54, 1.807) is 4.90 Å². The minimum atomic E-state index is -0.728. The summed E-state index contributed by atoms with van der Waals surface area (Å²) < 4.78 is 11.4. The molecule has 4 rings (SSSR count). The first-order valence-electron chi connectivity index (χ1n) is 13.3. The summed E-state index contributed by atoms with van der Waals surface area (Å²) in [6, 6.07) is 6.21. The van der Waals surface area contributed by atoms with Crippen molar-refractivity contribution in [3.63, 3.8) is 0 Å². The van der Waals surface area contributed by atoms with Crippen molar-refractivity contribution in [3.8, 4) is 0 Å². The number of Topliss-reactive ketones (excluding diaryl/α,β-unsaturated/α-hetero) is 1. The number of nitrogens with zero attached hydrogens (tertiary/aromatic N) is 3. The van der Waals surface area contributed by atoms with Gasteiger partial charge in [0.05, 0.1) is 6.54 Å². The molecule has 3 aliphatic rings. The molecule has 3 saturated heterocycles. The highest BCUT2D eigenvalue weighted by molar-refractivity contribution is 5.99. The number of likely N-dealkylation sites (N-methyl/N-ethyl adjacent to an activating group) is 1. The first kappa shape index (κ1) is 26.6. The van der Waals surface area contributed by atoms with Crippen molar-refractivity contribution in [1.29, 1.82) is 0 Å². The topological polar surface area (TPSA) is 91.4 Å². The molecule has 3 fully saturated rings. The van der Waals surface area contributed by atoms with Crippen LogP contribution in [-0.4, -0.2) is 104 Å². The van der Waals surface area contributed by atoms with Crippen LogP contribution < -0.4 is 10.2 Å². The van der Waals surface area contributed by atoms with E-state index in [2.05, 4.69) is 22.0 Å². The molecule has 3 heterocycles. The van der Waals surface area contributed by atoms with Gasteiger partial charge in [0.15, 0.2) is 5.78 Å². The number of carbonyl (C=O) groups excluding carboxylic acids is 3. The zero-order chi connectivity index (χ0) is 25.8. The van der Waals surface area contributed by atoms with E-state index in [-0.39, 0.29) is 42.8 Å². The van der Waals surface area contributed by atoms with E-state index in [9.17, 15) is 14.4 Å². The van der Waals surface area contributed by atoms with E-state index in [1.165, 1.54) is 0 Å². The lowest BCUT2D eigenvalue weighted by Gasteiger charge is -2.35. The maximum absolute atomic E-state index is 13.6.